The Bertz CT molecular complexity index is 673. The summed E-state index contributed by atoms with van der Waals surface area (Å²) < 4.78 is 68.1. The number of benzene rings is 1. The summed E-state index contributed by atoms with van der Waals surface area (Å²) in [4.78, 5) is 12.0. The first-order valence-electron chi connectivity index (χ1n) is 9.34. The van der Waals surface area contributed by atoms with Crippen LogP contribution in [0.15, 0.2) is 24.3 Å². The molecular weight excluding hydrogens is 401 g/mol. The number of hydroxylamine groups is 1. The van der Waals surface area contributed by atoms with Crippen LogP contribution in [0.5, 0.6) is 5.75 Å². The number of nitrogens with one attached hydrogen (secondary N) is 1. The lowest BCUT2D eigenvalue weighted by Gasteiger charge is -2.33. The van der Waals surface area contributed by atoms with Crippen molar-refractivity contribution < 1.29 is 41.8 Å². The fraction of sp³-hybridized carbons (Fsp3) is 0.632. The van der Waals surface area contributed by atoms with E-state index in [0.29, 0.717) is 0 Å². The van der Waals surface area contributed by atoms with Crippen LogP contribution < -0.4 is 10.2 Å². The van der Waals surface area contributed by atoms with Gasteiger partial charge in [-0.05, 0) is 49.7 Å². The zero-order valence-corrected chi connectivity index (χ0v) is 15.6. The quantitative estimate of drug-likeness (QED) is 0.331. The highest BCUT2D eigenvalue weighted by atomic mass is 19.4. The molecule has 1 aromatic rings. The molecule has 1 aromatic carbocycles. The highest BCUT2D eigenvalue weighted by Gasteiger charge is 2.40. The summed E-state index contributed by atoms with van der Waals surface area (Å²) in [7, 11) is 0. The van der Waals surface area contributed by atoms with Crippen LogP contribution in [-0.2, 0) is 11.2 Å². The average molecular weight is 425 g/mol. The van der Waals surface area contributed by atoms with Gasteiger partial charge in [-0.15, -0.1) is 13.2 Å². The number of aryl methyl sites for hydroxylation is 1. The fourth-order valence-corrected chi connectivity index (χ4v) is 3.73. The smallest absolute Gasteiger partial charge is 0.406 e. The number of hydrogen-bond donors (Lipinski definition) is 3. The van der Waals surface area contributed by atoms with E-state index < -0.39 is 36.1 Å². The first-order valence-corrected chi connectivity index (χ1v) is 9.34. The third kappa shape index (κ3) is 7.43. The summed E-state index contributed by atoms with van der Waals surface area (Å²) in [6.45, 7) is 0. The fourth-order valence-electron chi connectivity index (χ4n) is 3.73. The van der Waals surface area contributed by atoms with Crippen molar-refractivity contribution in [3.8, 4) is 5.75 Å². The molecule has 2 atom stereocenters. The van der Waals surface area contributed by atoms with Gasteiger partial charge in [-0.2, -0.15) is 0 Å². The van der Waals surface area contributed by atoms with Crippen LogP contribution in [0.1, 0.15) is 44.1 Å². The average Bonchev–Trinajstić information content (AvgIpc) is 2.64. The number of amides is 1. The molecule has 1 amide bonds. The molecule has 0 bridgehead atoms. The maximum Gasteiger partial charge on any atom is 0.573 e. The molecule has 0 saturated heterocycles. The Morgan fingerprint density at radius 2 is 1.86 bits per heavy atom. The number of ether oxygens (including phenoxy) is 1. The van der Waals surface area contributed by atoms with Gasteiger partial charge in [0.05, 0.1) is 6.10 Å². The van der Waals surface area contributed by atoms with Crippen LogP contribution in [0.3, 0.4) is 0 Å². The summed E-state index contributed by atoms with van der Waals surface area (Å²) in [6.07, 6.45) is -6.48. The lowest BCUT2D eigenvalue weighted by molar-refractivity contribution is -0.274. The Morgan fingerprint density at radius 3 is 2.45 bits per heavy atom. The molecule has 1 saturated carbocycles. The minimum atomic E-state index is -4.85. The normalized spacial score (nSPS) is 19.4. The number of aliphatic hydroxyl groups excluding tert-OH is 1. The number of hydrogen-bond acceptors (Lipinski definition) is 4. The maximum absolute atomic E-state index is 13.4. The second-order valence-corrected chi connectivity index (χ2v) is 7.36. The van der Waals surface area contributed by atoms with E-state index in [4.69, 9.17) is 5.21 Å². The summed E-state index contributed by atoms with van der Waals surface area (Å²) >= 11 is 0. The standard InChI is InChI=1S/C19H24F5NO4/c20-18(21)9-7-12(8-10-18)15(17(27)25-28)11-14(26)6-5-13-3-1-2-4-16(13)29-19(22,23)24/h1-4,12,14-15,26,28H,5-11H2,(H,25,27). The Hall–Kier alpha value is -1.94. The van der Waals surface area contributed by atoms with Gasteiger partial charge < -0.3 is 9.84 Å². The zero-order valence-electron chi connectivity index (χ0n) is 15.6. The van der Waals surface area contributed by atoms with Gasteiger partial charge in [0.25, 0.3) is 0 Å². The minimum absolute atomic E-state index is 0.0380. The highest BCUT2D eigenvalue weighted by molar-refractivity contribution is 5.77. The zero-order chi connectivity index (χ0) is 21.7. The number of alkyl halides is 5. The van der Waals surface area contributed by atoms with Gasteiger partial charge in [-0.1, -0.05) is 18.2 Å². The van der Waals surface area contributed by atoms with Gasteiger partial charge in [-0.25, -0.2) is 14.3 Å². The molecule has 1 aliphatic carbocycles. The third-order valence-electron chi connectivity index (χ3n) is 5.25. The molecule has 164 valence electrons. The van der Waals surface area contributed by atoms with Crippen molar-refractivity contribution in [2.24, 2.45) is 11.8 Å². The third-order valence-corrected chi connectivity index (χ3v) is 5.25. The van der Waals surface area contributed by atoms with E-state index in [0.717, 1.165) is 0 Å². The molecule has 0 aromatic heterocycles. The lowest BCUT2D eigenvalue weighted by Crippen LogP contribution is -2.38. The Kier molecular flexibility index (Phi) is 7.81. The number of carbonyl (C=O) groups excluding carboxylic acids is 1. The molecule has 0 spiro atoms. The van der Waals surface area contributed by atoms with Gasteiger partial charge in [-0.3, -0.25) is 10.0 Å². The predicted octanol–water partition coefficient (Wildman–Crippen LogP) is 4.22. The second-order valence-electron chi connectivity index (χ2n) is 7.36. The number of carbonyl (C=O) groups is 1. The molecular formula is C19H24F5NO4. The second kappa shape index (κ2) is 9.71. The van der Waals surface area contributed by atoms with Crippen LogP contribution >= 0.6 is 0 Å². The van der Waals surface area contributed by atoms with E-state index in [2.05, 4.69) is 4.74 Å². The van der Waals surface area contributed by atoms with Gasteiger partial charge >= 0.3 is 6.36 Å². The van der Waals surface area contributed by atoms with Crippen molar-refractivity contribution in [1.82, 2.24) is 5.48 Å². The monoisotopic (exact) mass is 425 g/mol. The van der Waals surface area contributed by atoms with E-state index in [1.165, 1.54) is 29.7 Å². The Balaban J connectivity index is 1.97. The molecule has 5 nitrogen and oxygen atoms in total. The van der Waals surface area contributed by atoms with Crippen molar-refractivity contribution in [3.05, 3.63) is 29.8 Å². The summed E-state index contributed by atoms with van der Waals surface area (Å²) in [5, 5.41) is 19.3. The van der Waals surface area contributed by atoms with Crippen molar-refractivity contribution in [3.63, 3.8) is 0 Å². The van der Waals surface area contributed by atoms with Gasteiger partial charge in [0, 0.05) is 18.8 Å². The summed E-state index contributed by atoms with van der Waals surface area (Å²) in [5.74, 6) is -5.20. The summed E-state index contributed by atoms with van der Waals surface area (Å²) in [6, 6.07) is 5.53. The molecule has 0 heterocycles. The largest absolute Gasteiger partial charge is 0.573 e. The van der Waals surface area contributed by atoms with Crippen molar-refractivity contribution in [2.45, 2.75) is 63.3 Å². The lowest BCUT2D eigenvalue weighted by atomic mass is 9.75. The van der Waals surface area contributed by atoms with E-state index in [1.807, 2.05) is 0 Å². The van der Waals surface area contributed by atoms with Crippen LogP contribution in [0.25, 0.3) is 0 Å². The molecule has 0 aliphatic heterocycles. The van der Waals surface area contributed by atoms with E-state index in [9.17, 15) is 31.9 Å². The molecule has 1 aliphatic rings. The molecule has 2 unspecified atom stereocenters. The molecule has 2 rings (SSSR count). The van der Waals surface area contributed by atoms with Crippen molar-refractivity contribution in [2.75, 3.05) is 0 Å². The van der Waals surface area contributed by atoms with Crippen LogP contribution in [0, 0.1) is 11.8 Å². The van der Waals surface area contributed by atoms with Gasteiger partial charge in [0.15, 0.2) is 0 Å². The molecule has 29 heavy (non-hydrogen) atoms. The number of para-hydroxylation sites is 1. The van der Waals surface area contributed by atoms with Crippen molar-refractivity contribution >= 4 is 5.91 Å². The molecule has 3 N–H and O–H groups in total. The molecule has 10 heteroatoms. The predicted molar refractivity (Wildman–Crippen MR) is 92.4 cm³/mol. The number of aliphatic hydroxyl groups is 1. The maximum atomic E-state index is 13.4. The van der Waals surface area contributed by atoms with E-state index >= 15 is 0 Å². The SMILES string of the molecule is O=C(NO)C(CC(O)CCc1ccccc1OC(F)(F)F)C1CCC(F)(F)CC1. The van der Waals surface area contributed by atoms with Crippen molar-refractivity contribution in [1.29, 1.82) is 0 Å². The number of halogens is 5. The summed E-state index contributed by atoms with van der Waals surface area (Å²) in [5.41, 5.74) is 1.75. The van der Waals surface area contributed by atoms with Crippen LogP contribution in [0.2, 0.25) is 0 Å². The topological polar surface area (TPSA) is 78.8 Å². The molecule has 1 fully saturated rings. The first kappa shape index (κ1) is 23.3. The number of rotatable bonds is 8. The van der Waals surface area contributed by atoms with Crippen LogP contribution in [0.4, 0.5) is 22.0 Å². The molecule has 0 radical (unpaired) electrons. The first-order chi connectivity index (χ1) is 13.5. The Morgan fingerprint density at radius 1 is 1.24 bits per heavy atom. The van der Waals surface area contributed by atoms with Gasteiger partial charge in [0.2, 0.25) is 11.8 Å². The minimum Gasteiger partial charge on any atom is -0.406 e. The Labute approximate surface area is 164 Å². The van der Waals surface area contributed by atoms with Crippen LogP contribution in [-0.4, -0.2) is 34.6 Å². The van der Waals surface area contributed by atoms with E-state index in [-0.39, 0.29) is 56.3 Å². The van der Waals surface area contributed by atoms with Gasteiger partial charge in [0.1, 0.15) is 5.75 Å². The van der Waals surface area contributed by atoms with E-state index in [1.54, 1.807) is 0 Å². The highest BCUT2D eigenvalue weighted by Crippen LogP contribution is 2.40.